The van der Waals surface area contributed by atoms with Gasteiger partial charge in [-0.15, -0.1) is 11.3 Å². The molecule has 62 valence electrons. The first kappa shape index (κ1) is 8.48. The molecule has 2 rings (SSSR count). The van der Waals surface area contributed by atoms with Gasteiger partial charge in [0.2, 0.25) is 0 Å². The predicted octanol–water partition coefficient (Wildman–Crippen LogP) is 4.46. The van der Waals surface area contributed by atoms with Crippen LogP contribution in [0.5, 0.6) is 0 Å². The monoisotopic (exact) mass is 264 g/mol. The Morgan fingerprint density at radius 2 is 2.17 bits per heavy atom. The zero-order chi connectivity index (χ0) is 8.72. The first-order valence-electron chi connectivity index (χ1n) is 3.21. The maximum absolute atomic E-state index is 13.3. The Morgan fingerprint density at radius 3 is 2.92 bits per heavy atom. The van der Waals surface area contributed by atoms with E-state index in [1.807, 2.05) is 6.07 Å². The van der Waals surface area contributed by atoms with Crippen molar-refractivity contribution < 1.29 is 4.39 Å². The molecular formula is C8H3BrClFS. The fourth-order valence-corrected chi connectivity index (χ4v) is 2.72. The van der Waals surface area contributed by atoms with Crippen molar-refractivity contribution >= 4 is 49.0 Å². The summed E-state index contributed by atoms with van der Waals surface area (Å²) in [5, 5.41) is 0.757. The first-order chi connectivity index (χ1) is 5.68. The third kappa shape index (κ3) is 1.26. The highest BCUT2D eigenvalue weighted by atomic mass is 79.9. The molecule has 1 aromatic carbocycles. The largest absolute Gasteiger partial charge is 0.205 e. The van der Waals surface area contributed by atoms with E-state index in [2.05, 4.69) is 15.9 Å². The molecule has 0 unspecified atom stereocenters. The van der Waals surface area contributed by atoms with E-state index in [0.29, 0.717) is 5.39 Å². The van der Waals surface area contributed by atoms with Crippen molar-refractivity contribution in [3.05, 3.63) is 32.8 Å². The fraction of sp³-hybridized carbons (Fsp3) is 0. The van der Waals surface area contributed by atoms with Crippen LogP contribution in [0.3, 0.4) is 0 Å². The highest BCUT2D eigenvalue weighted by molar-refractivity contribution is 9.11. The van der Waals surface area contributed by atoms with Crippen LogP contribution in [0.25, 0.3) is 10.1 Å². The van der Waals surface area contributed by atoms with Crippen molar-refractivity contribution in [2.24, 2.45) is 0 Å². The highest BCUT2D eigenvalue weighted by Gasteiger charge is 2.07. The summed E-state index contributed by atoms with van der Waals surface area (Å²) in [5.74, 6) is -0.337. The van der Waals surface area contributed by atoms with Crippen LogP contribution in [-0.4, -0.2) is 0 Å². The summed E-state index contributed by atoms with van der Waals surface area (Å²) in [4.78, 5) is 0. The van der Waals surface area contributed by atoms with Crippen LogP contribution >= 0.6 is 38.9 Å². The molecule has 0 saturated heterocycles. The molecule has 1 aromatic heterocycles. The second kappa shape index (κ2) is 2.98. The number of rotatable bonds is 0. The van der Waals surface area contributed by atoms with Crippen LogP contribution < -0.4 is 0 Å². The quantitative estimate of drug-likeness (QED) is 0.660. The standard InChI is InChI=1S/C8H3BrClFS/c9-7-3-4-6(12-7)2-1-5(10)8(4)11/h1-3H. The van der Waals surface area contributed by atoms with Crippen LogP contribution in [0.1, 0.15) is 0 Å². The van der Waals surface area contributed by atoms with Crippen LogP contribution in [-0.2, 0) is 0 Å². The minimum absolute atomic E-state index is 0.174. The molecule has 0 spiro atoms. The van der Waals surface area contributed by atoms with Crippen molar-refractivity contribution in [1.82, 2.24) is 0 Å². The normalized spacial score (nSPS) is 10.9. The third-order valence-corrected chi connectivity index (χ3v) is 3.45. The van der Waals surface area contributed by atoms with Crippen molar-refractivity contribution in [2.45, 2.75) is 0 Å². The van der Waals surface area contributed by atoms with Crippen LogP contribution in [0.2, 0.25) is 5.02 Å². The molecule has 0 aliphatic heterocycles. The lowest BCUT2D eigenvalue weighted by atomic mass is 10.2. The highest BCUT2D eigenvalue weighted by Crippen LogP contribution is 2.33. The summed E-state index contributed by atoms with van der Waals surface area (Å²) in [6.45, 7) is 0. The lowest BCUT2D eigenvalue weighted by molar-refractivity contribution is 0.640. The van der Waals surface area contributed by atoms with E-state index in [0.717, 1.165) is 8.49 Å². The van der Waals surface area contributed by atoms with Crippen molar-refractivity contribution in [2.75, 3.05) is 0 Å². The second-order valence-electron chi connectivity index (χ2n) is 2.32. The molecule has 0 aliphatic rings. The maximum atomic E-state index is 13.3. The van der Waals surface area contributed by atoms with Gasteiger partial charge < -0.3 is 0 Å². The van der Waals surface area contributed by atoms with Crippen molar-refractivity contribution in [1.29, 1.82) is 0 Å². The number of fused-ring (bicyclic) bond motifs is 1. The molecule has 4 heteroatoms. The van der Waals surface area contributed by atoms with Gasteiger partial charge in [0.25, 0.3) is 0 Å². The predicted molar refractivity (Wildman–Crippen MR) is 54.5 cm³/mol. The molecule has 1 heterocycles. The van der Waals surface area contributed by atoms with Crippen LogP contribution in [0.4, 0.5) is 4.39 Å². The van der Waals surface area contributed by atoms with Gasteiger partial charge in [-0.25, -0.2) is 4.39 Å². The molecular weight excluding hydrogens is 263 g/mol. The van der Waals surface area contributed by atoms with E-state index in [1.165, 1.54) is 11.3 Å². The van der Waals surface area contributed by atoms with Crippen molar-refractivity contribution in [3.8, 4) is 0 Å². The molecule has 0 fully saturated rings. The number of halogens is 3. The van der Waals surface area contributed by atoms with Gasteiger partial charge in [0, 0.05) is 10.1 Å². The van der Waals surface area contributed by atoms with Crippen molar-refractivity contribution in [3.63, 3.8) is 0 Å². The minimum atomic E-state index is -0.337. The molecule has 2 aromatic rings. The Kier molecular flexibility index (Phi) is 2.10. The Bertz CT molecular complexity index is 438. The van der Waals surface area contributed by atoms with Crippen LogP contribution in [0, 0.1) is 5.82 Å². The van der Waals surface area contributed by atoms with Gasteiger partial charge in [0.15, 0.2) is 0 Å². The Balaban J connectivity index is 2.89. The molecule has 0 atom stereocenters. The van der Waals surface area contributed by atoms with Gasteiger partial charge in [-0.3, -0.25) is 0 Å². The van der Waals surface area contributed by atoms with Gasteiger partial charge >= 0.3 is 0 Å². The Morgan fingerprint density at radius 1 is 1.42 bits per heavy atom. The fourth-order valence-electron chi connectivity index (χ4n) is 1.02. The first-order valence-corrected chi connectivity index (χ1v) is 5.20. The lowest BCUT2D eigenvalue weighted by Crippen LogP contribution is -1.75. The summed E-state index contributed by atoms with van der Waals surface area (Å²) in [5.41, 5.74) is 0. The van der Waals surface area contributed by atoms with Crippen LogP contribution in [0.15, 0.2) is 22.0 Å². The third-order valence-electron chi connectivity index (χ3n) is 1.56. The molecule has 0 nitrogen and oxygen atoms in total. The SMILES string of the molecule is Fc1c(Cl)ccc2sc(Br)cc12. The summed E-state index contributed by atoms with van der Waals surface area (Å²) >= 11 is 10.4. The second-order valence-corrected chi connectivity index (χ2v) is 5.19. The Labute approximate surface area is 86.1 Å². The molecule has 0 radical (unpaired) electrons. The molecule has 12 heavy (non-hydrogen) atoms. The smallest absolute Gasteiger partial charge is 0.150 e. The number of thiophene rings is 1. The zero-order valence-electron chi connectivity index (χ0n) is 5.77. The lowest BCUT2D eigenvalue weighted by Gasteiger charge is -1.93. The van der Waals surface area contributed by atoms with E-state index in [1.54, 1.807) is 12.1 Å². The van der Waals surface area contributed by atoms with E-state index >= 15 is 0 Å². The summed E-state index contributed by atoms with van der Waals surface area (Å²) in [6.07, 6.45) is 0. The molecule has 0 amide bonds. The zero-order valence-corrected chi connectivity index (χ0v) is 8.93. The van der Waals surface area contributed by atoms with Gasteiger partial charge in [-0.1, -0.05) is 11.6 Å². The number of hydrogen-bond donors (Lipinski definition) is 0. The summed E-state index contributed by atoms with van der Waals surface area (Å²) in [7, 11) is 0. The average Bonchev–Trinajstić information content (AvgIpc) is 2.39. The maximum Gasteiger partial charge on any atom is 0.150 e. The van der Waals surface area contributed by atoms with Gasteiger partial charge in [0.1, 0.15) is 5.82 Å². The van der Waals surface area contributed by atoms with Gasteiger partial charge in [-0.05, 0) is 34.1 Å². The molecule has 0 N–H and O–H groups in total. The van der Waals surface area contributed by atoms with Gasteiger partial charge in [-0.2, -0.15) is 0 Å². The molecule has 0 saturated carbocycles. The summed E-state index contributed by atoms with van der Waals surface area (Å²) < 4.78 is 15.1. The van der Waals surface area contributed by atoms with E-state index in [-0.39, 0.29) is 10.8 Å². The Hall–Kier alpha value is -0.120. The molecule has 0 aliphatic carbocycles. The van der Waals surface area contributed by atoms with Gasteiger partial charge in [0.05, 0.1) is 8.81 Å². The van der Waals surface area contributed by atoms with E-state index < -0.39 is 0 Å². The minimum Gasteiger partial charge on any atom is -0.205 e. The van der Waals surface area contributed by atoms with E-state index in [4.69, 9.17) is 11.6 Å². The number of benzene rings is 1. The molecule has 0 bridgehead atoms. The topological polar surface area (TPSA) is 0 Å². The average molecular weight is 266 g/mol. The van der Waals surface area contributed by atoms with E-state index in [9.17, 15) is 4.39 Å². The summed E-state index contributed by atoms with van der Waals surface area (Å²) in [6, 6.07) is 5.12. The number of hydrogen-bond acceptors (Lipinski definition) is 1.